The first-order valence-electron chi connectivity index (χ1n) is 8.32. The standard InChI is InChI=1S/C16H19N5O3S/c1-17-16(23)21-6-2-4-11(21)14-18-13(19-24-14)10-8-20(9-10)15(22)12-5-3-7-25-12/h3,5,7,10-11H,2,4,6,8-9H2,1H3,(H,17,23). The molecule has 0 aliphatic carbocycles. The summed E-state index contributed by atoms with van der Waals surface area (Å²) in [6.45, 7) is 1.88. The number of nitrogens with zero attached hydrogens (tertiary/aromatic N) is 4. The average Bonchev–Trinajstić information content (AvgIpc) is 3.31. The van der Waals surface area contributed by atoms with E-state index in [1.54, 1.807) is 16.8 Å². The van der Waals surface area contributed by atoms with Crippen molar-refractivity contribution in [2.24, 2.45) is 0 Å². The smallest absolute Gasteiger partial charge is 0.317 e. The van der Waals surface area contributed by atoms with Crippen molar-refractivity contribution in [3.63, 3.8) is 0 Å². The molecular weight excluding hydrogens is 342 g/mol. The van der Waals surface area contributed by atoms with Gasteiger partial charge in [-0.3, -0.25) is 4.79 Å². The molecule has 2 saturated heterocycles. The van der Waals surface area contributed by atoms with Crippen molar-refractivity contribution >= 4 is 23.3 Å². The van der Waals surface area contributed by atoms with Crippen LogP contribution < -0.4 is 5.32 Å². The van der Waals surface area contributed by atoms with Crippen LogP contribution in [0.3, 0.4) is 0 Å². The maximum Gasteiger partial charge on any atom is 0.317 e. The lowest BCUT2D eigenvalue weighted by molar-refractivity contribution is 0.0597. The molecule has 1 N–H and O–H groups in total. The fraction of sp³-hybridized carbons (Fsp3) is 0.500. The van der Waals surface area contributed by atoms with Gasteiger partial charge in [-0.1, -0.05) is 11.2 Å². The van der Waals surface area contributed by atoms with E-state index in [1.165, 1.54) is 11.3 Å². The number of amides is 3. The number of aromatic nitrogens is 2. The summed E-state index contributed by atoms with van der Waals surface area (Å²) in [5.41, 5.74) is 0. The van der Waals surface area contributed by atoms with Gasteiger partial charge in [0.05, 0.1) is 10.8 Å². The second-order valence-electron chi connectivity index (χ2n) is 6.28. The predicted molar refractivity (Wildman–Crippen MR) is 90.4 cm³/mol. The minimum atomic E-state index is -0.162. The highest BCUT2D eigenvalue weighted by Crippen LogP contribution is 2.33. The van der Waals surface area contributed by atoms with E-state index in [0.29, 0.717) is 31.3 Å². The lowest BCUT2D eigenvalue weighted by atomic mass is 9.99. The van der Waals surface area contributed by atoms with E-state index in [1.807, 2.05) is 17.5 Å². The van der Waals surface area contributed by atoms with Gasteiger partial charge >= 0.3 is 6.03 Å². The van der Waals surface area contributed by atoms with Crippen LogP contribution in [0.15, 0.2) is 22.0 Å². The maximum absolute atomic E-state index is 12.3. The van der Waals surface area contributed by atoms with E-state index in [-0.39, 0.29) is 23.9 Å². The molecule has 25 heavy (non-hydrogen) atoms. The fourth-order valence-electron chi connectivity index (χ4n) is 3.32. The van der Waals surface area contributed by atoms with Gasteiger partial charge in [0, 0.05) is 26.7 Å². The van der Waals surface area contributed by atoms with Crippen LogP contribution in [0, 0.1) is 0 Å². The SMILES string of the molecule is CNC(=O)N1CCCC1c1nc(C2CN(C(=O)c3cccs3)C2)no1. The van der Waals surface area contributed by atoms with Crippen LogP contribution in [0.5, 0.6) is 0 Å². The van der Waals surface area contributed by atoms with Crippen molar-refractivity contribution in [2.45, 2.75) is 24.8 Å². The molecule has 0 saturated carbocycles. The van der Waals surface area contributed by atoms with E-state index < -0.39 is 0 Å². The first-order chi connectivity index (χ1) is 12.2. The molecule has 2 fully saturated rings. The Hall–Kier alpha value is -2.42. The molecule has 4 heterocycles. The monoisotopic (exact) mass is 361 g/mol. The molecule has 132 valence electrons. The molecule has 0 aromatic carbocycles. The molecule has 3 amide bonds. The predicted octanol–water partition coefficient (Wildman–Crippen LogP) is 1.85. The van der Waals surface area contributed by atoms with Gasteiger partial charge in [-0.2, -0.15) is 4.98 Å². The molecule has 2 aliphatic rings. The number of likely N-dealkylation sites (tertiary alicyclic amines) is 2. The van der Waals surface area contributed by atoms with Crippen LogP contribution in [0.4, 0.5) is 4.79 Å². The van der Waals surface area contributed by atoms with E-state index in [0.717, 1.165) is 17.7 Å². The molecule has 0 bridgehead atoms. The molecule has 0 radical (unpaired) electrons. The van der Waals surface area contributed by atoms with Crippen molar-refractivity contribution in [3.05, 3.63) is 34.1 Å². The Morgan fingerprint density at radius 3 is 2.96 bits per heavy atom. The summed E-state index contributed by atoms with van der Waals surface area (Å²) in [5.74, 6) is 1.25. The van der Waals surface area contributed by atoms with Gasteiger partial charge in [0.15, 0.2) is 5.82 Å². The number of urea groups is 1. The summed E-state index contributed by atoms with van der Waals surface area (Å²) in [4.78, 5) is 32.9. The van der Waals surface area contributed by atoms with Crippen LogP contribution >= 0.6 is 11.3 Å². The molecule has 2 aromatic heterocycles. The van der Waals surface area contributed by atoms with Crippen molar-refractivity contribution in [3.8, 4) is 0 Å². The fourth-order valence-corrected chi connectivity index (χ4v) is 4.01. The third-order valence-corrected chi connectivity index (χ3v) is 5.59. The van der Waals surface area contributed by atoms with Crippen LogP contribution in [0.2, 0.25) is 0 Å². The lowest BCUT2D eigenvalue weighted by Gasteiger charge is -2.37. The van der Waals surface area contributed by atoms with Gasteiger partial charge in [-0.15, -0.1) is 11.3 Å². The number of rotatable bonds is 3. The zero-order valence-electron chi connectivity index (χ0n) is 13.8. The zero-order valence-corrected chi connectivity index (χ0v) is 14.7. The van der Waals surface area contributed by atoms with E-state index in [2.05, 4.69) is 15.5 Å². The number of carbonyl (C=O) groups is 2. The van der Waals surface area contributed by atoms with Gasteiger partial charge < -0.3 is 19.6 Å². The first kappa shape index (κ1) is 16.1. The second-order valence-corrected chi connectivity index (χ2v) is 7.23. The van der Waals surface area contributed by atoms with Gasteiger partial charge in [0.2, 0.25) is 5.89 Å². The summed E-state index contributed by atoms with van der Waals surface area (Å²) in [6, 6.07) is 3.42. The van der Waals surface area contributed by atoms with E-state index >= 15 is 0 Å². The molecule has 2 aliphatic heterocycles. The highest BCUT2D eigenvalue weighted by atomic mass is 32.1. The average molecular weight is 361 g/mol. The quantitative estimate of drug-likeness (QED) is 0.901. The third-order valence-electron chi connectivity index (χ3n) is 4.74. The normalized spacial score (nSPS) is 20.6. The molecule has 9 heteroatoms. The number of hydrogen-bond donors (Lipinski definition) is 1. The van der Waals surface area contributed by atoms with Crippen LogP contribution in [0.1, 0.15) is 46.2 Å². The maximum atomic E-state index is 12.3. The number of hydrogen-bond acceptors (Lipinski definition) is 6. The Balaban J connectivity index is 1.40. The highest BCUT2D eigenvalue weighted by Gasteiger charge is 2.38. The topological polar surface area (TPSA) is 91.6 Å². The third kappa shape index (κ3) is 2.88. The number of nitrogens with one attached hydrogen (secondary N) is 1. The van der Waals surface area contributed by atoms with Gasteiger partial charge in [-0.25, -0.2) is 4.79 Å². The first-order valence-corrected chi connectivity index (χ1v) is 9.20. The minimum Gasteiger partial charge on any atom is -0.341 e. The summed E-state index contributed by atoms with van der Waals surface area (Å²) < 4.78 is 5.41. The van der Waals surface area contributed by atoms with Gasteiger partial charge in [0.25, 0.3) is 5.91 Å². The number of carbonyl (C=O) groups excluding carboxylic acids is 2. The van der Waals surface area contributed by atoms with Crippen LogP contribution in [-0.2, 0) is 0 Å². The van der Waals surface area contributed by atoms with Crippen molar-refractivity contribution in [2.75, 3.05) is 26.7 Å². The molecule has 1 unspecified atom stereocenters. The Kier molecular flexibility index (Phi) is 4.16. The Morgan fingerprint density at radius 1 is 1.40 bits per heavy atom. The number of thiophene rings is 1. The Labute approximate surface area is 148 Å². The minimum absolute atomic E-state index is 0.0524. The Morgan fingerprint density at radius 2 is 2.24 bits per heavy atom. The van der Waals surface area contributed by atoms with E-state index in [4.69, 9.17) is 4.52 Å². The summed E-state index contributed by atoms with van der Waals surface area (Å²) in [7, 11) is 1.62. The van der Waals surface area contributed by atoms with Crippen LogP contribution in [-0.4, -0.2) is 58.6 Å². The summed E-state index contributed by atoms with van der Waals surface area (Å²) >= 11 is 1.45. The van der Waals surface area contributed by atoms with Crippen molar-refractivity contribution in [1.82, 2.24) is 25.3 Å². The Bertz CT molecular complexity index is 769. The molecule has 0 spiro atoms. The highest BCUT2D eigenvalue weighted by molar-refractivity contribution is 7.12. The molecule has 4 rings (SSSR count). The van der Waals surface area contributed by atoms with Crippen molar-refractivity contribution < 1.29 is 14.1 Å². The lowest BCUT2D eigenvalue weighted by Crippen LogP contribution is -2.48. The van der Waals surface area contributed by atoms with Crippen molar-refractivity contribution in [1.29, 1.82) is 0 Å². The largest absolute Gasteiger partial charge is 0.341 e. The van der Waals surface area contributed by atoms with Gasteiger partial charge in [-0.05, 0) is 24.3 Å². The van der Waals surface area contributed by atoms with E-state index in [9.17, 15) is 9.59 Å². The summed E-state index contributed by atoms with van der Waals surface area (Å²) in [5, 5.41) is 8.62. The zero-order chi connectivity index (χ0) is 17.4. The molecule has 2 aromatic rings. The molecule has 8 nitrogen and oxygen atoms in total. The second kappa shape index (κ2) is 6.47. The molecular formula is C16H19N5O3S. The summed E-state index contributed by atoms with van der Waals surface area (Å²) in [6.07, 6.45) is 1.74. The molecule has 1 atom stereocenters. The van der Waals surface area contributed by atoms with Gasteiger partial charge in [0.1, 0.15) is 6.04 Å². The van der Waals surface area contributed by atoms with Crippen LogP contribution in [0.25, 0.3) is 0 Å².